The summed E-state index contributed by atoms with van der Waals surface area (Å²) in [6.45, 7) is -2.88. The van der Waals surface area contributed by atoms with Gasteiger partial charge in [-0.15, -0.1) is 0 Å². The summed E-state index contributed by atoms with van der Waals surface area (Å²) >= 11 is 0. The van der Waals surface area contributed by atoms with Crippen molar-refractivity contribution in [3.63, 3.8) is 0 Å². The molecule has 0 aliphatic carbocycles. The summed E-state index contributed by atoms with van der Waals surface area (Å²) < 4.78 is 87.4. The summed E-state index contributed by atoms with van der Waals surface area (Å²) in [5.41, 5.74) is 0.410. The number of anilines is 1. The van der Waals surface area contributed by atoms with E-state index < -0.39 is 36.2 Å². The van der Waals surface area contributed by atoms with Gasteiger partial charge in [-0.1, -0.05) is 18.2 Å². The Labute approximate surface area is 215 Å². The van der Waals surface area contributed by atoms with Gasteiger partial charge in [0.05, 0.1) is 7.11 Å². The van der Waals surface area contributed by atoms with Crippen LogP contribution in [0, 0.1) is 5.82 Å². The Hall–Kier alpha value is -3.96. The molecular formula is C26H25F6N3O3. The number of ether oxygens (including phenoxy) is 2. The molecule has 0 spiro atoms. The molecule has 0 saturated carbocycles. The first-order valence-electron chi connectivity index (χ1n) is 11.4. The predicted octanol–water partition coefficient (Wildman–Crippen LogP) is 5.78. The summed E-state index contributed by atoms with van der Waals surface area (Å²) in [6, 6.07) is 10.8. The van der Waals surface area contributed by atoms with E-state index in [4.69, 9.17) is 4.74 Å². The van der Waals surface area contributed by atoms with Crippen LogP contribution >= 0.6 is 0 Å². The molecule has 6 nitrogen and oxygen atoms in total. The van der Waals surface area contributed by atoms with Gasteiger partial charge < -0.3 is 19.7 Å². The van der Waals surface area contributed by atoms with Crippen LogP contribution in [0.5, 0.6) is 11.5 Å². The van der Waals surface area contributed by atoms with E-state index in [1.165, 1.54) is 62.7 Å². The van der Waals surface area contributed by atoms with Crippen molar-refractivity contribution in [2.24, 2.45) is 0 Å². The van der Waals surface area contributed by atoms with Gasteiger partial charge in [-0.25, -0.2) is 4.39 Å². The van der Waals surface area contributed by atoms with Crippen LogP contribution in [0.2, 0.25) is 0 Å². The van der Waals surface area contributed by atoms with E-state index in [0.29, 0.717) is 29.7 Å². The van der Waals surface area contributed by atoms with E-state index in [1.807, 2.05) is 0 Å². The molecule has 1 atom stereocenters. The number of amides is 1. The standard InChI is InChI=1S/C26H25F6N3O3/c1-33-24(36)23(17-6-8-18(27)9-7-17)35(19-10-11-20(38-25(28)29)21(14-19)37-2)13-3-4-16-5-12-22(34-15-16)26(30,31)32/h5-12,14-15,23,25H,3-4,13H2,1-2H3,(H,33,36). The number of alkyl halides is 5. The Morgan fingerprint density at radius 1 is 1.05 bits per heavy atom. The molecule has 0 bridgehead atoms. The smallest absolute Gasteiger partial charge is 0.433 e. The number of carbonyl (C=O) groups excluding carboxylic acids is 1. The van der Waals surface area contributed by atoms with Crippen molar-refractivity contribution in [2.75, 3.05) is 25.6 Å². The number of hydrogen-bond acceptors (Lipinski definition) is 5. The molecule has 1 N–H and O–H groups in total. The SMILES string of the molecule is CNC(=O)C(c1ccc(F)cc1)N(CCCc1ccc(C(F)(F)F)nc1)c1ccc(OC(F)F)c(OC)c1. The Balaban J connectivity index is 1.95. The van der Waals surface area contributed by atoms with Crippen LogP contribution in [0.3, 0.4) is 0 Å². The van der Waals surface area contributed by atoms with E-state index in [-0.39, 0.29) is 18.0 Å². The number of methoxy groups -OCH3 is 1. The van der Waals surface area contributed by atoms with Gasteiger partial charge in [0.15, 0.2) is 11.5 Å². The van der Waals surface area contributed by atoms with Crippen LogP contribution in [-0.4, -0.2) is 38.2 Å². The summed E-state index contributed by atoms with van der Waals surface area (Å²) in [6.07, 6.45) is -2.71. The summed E-state index contributed by atoms with van der Waals surface area (Å²) in [4.78, 5) is 18.2. The molecular weight excluding hydrogens is 516 g/mol. The van der Waals surface area contributed by atoms with Crippen molar-refractivity contribution in [1.82, 2.24) is 10.3 Å². The zero-order valence-corrected chi connectivity index (χ0v) is 20.4. The normalized spacial score (nSPS) is 12.2. The first-order valence-corrected chi connectivity index (χ1v) is 11.4. The van der Waals surface area contributed by atoms with Gasteiger partial charge in [-0.05, 0) is 54.3 Å². The Kier molecular flexibility index (Phi) is 9.43. The second-order valence-corrected chi connectivity index (χ2v) is 8.13. The largest absolute Gasteiger partial charge is 0.493 e. The summed E-state index contributed by atoms with van der Waals surface area (Å²) in [7, 11) is 2.71. The molecule has 0 aliphatic heterocycles. The highest BCUT2D eigenvalue weighted by Gasteiger charge is 2.32. The number of nitrogens with one attached hydrogen (secondary N) is 1. The third kappa shape index (κ3) is 7.30. The number of nitrogens with zero attached hydrogens (tertiary/aromatic N) is 2. The highest BCUT2D eigenvalue weighted by Crippen LogP contribution is 2.36. The molecule has 1 aromatic heterocycles. The van der Waals surface area contributed by atoms with Crippen molar-refractivity contribution >= 4 is 11.6 Å². The minimum atomic E-state index is -4.55. The average molecular weight is 541 g/mol. The molecule has 1 amide bonds. The third-order valence-electron chi connectivity index (χ3n) is 5.67. The second-order valence-electron chi connectivity index (χ2n) is 8.13. The average Bonchev–Trinajstić information content (AvgIpc) is 2.88. The number of carbonyl (C=O) groups is 1. The van der Waals surface area contributed by atoms with Crippen molar-refractivity contribution in [3.8, 4) is 11.5 Å². The van der Waals surface area contributed by atoms with Gasteiger partial charge in [0, 0.05) is 31.5 Å². The minimum absolute atomic E-state index is 0.00509. The lowest BCUT2D eigenvalue weighted by atomic mass is 10.0. The lowest BCUT2D eigenvalue weighted by Gasteiger charge is -2.33. The predicted molar refractivity (Wildman–Crippen MR) is 128 cm³/mol. The van der Waals surface area contributed by atoms with Crippen molar-refractivity contribution in [2.45, 2.75) is 31.7 Å². The van der Waals surface area contributed by atoms with Crippen LogP contribution < -0.4 is 19.7 Å². The van der Waals surface area contributed by atoms with Crippen molar-refractivity contribution in [3.05, 3.63) is 83.4 Å². The molecule has 0 radical (unpaired) electrons. The molecule has 38 heavy (non-hydrogen) atoms. The number of aryl methyl sites for hydroxylation is 1. The van der Waals surface area contributed by atoms with E-state index in [0.717, 1.165) is 12.3 Å². The van der Waals surface area contributed by atoms with E-state index in [9.17, 15) is 31.1 Å². The van der Waals surface area contributed by atoms with Gasteiger partial charge in [-0.3, -0.25) is 9.78 Å². The number of likely N-dealkylation sites (N-methyl/N-ethyl adjacent to an activating group) is 1. The molecule has 0 fully saturated rings. The number of halogens is 6. The topological polar surface area (TPSA) is 63.7 Å². The molecule has 1 unspecified atom stereocenters. The first-order chi connectivity index (χ1) is 18.0. The quantitative estimate of drug-likeness (QED) is 0.312. The Morgan fingerprint density at radius 3 is 2.32 bits per heavy atom. The van der Waals surface area contributed by atoms with E-state index in [1.54, 1.807) is 4.90 Å². The maximum Gasteiger partial charge on any atom is 0.433 e. The van der Waals surface area contributed by atoms with Crippen molar-refractivity contribution < 1.29 is 40.6 Å². The highest BCUT2D eigenvalue weighted by molar-refractivity contribution is 5.86. The lowest BCUT2D eigenvalue weighted by molar-refractivity contribution is -0.141. The van der Waals surface area contributed by atoms with Crippen LogP contribution in [0.25, 0.3) is 0 Å². The molecule has 1 heterocycles. The van der Waals surface area contributed by atoms with E-state index in [2.05, 4.69) is 15.0 Å². The number of aromatic nitrogens is 1. The minimum Gasteiger partial charge on any atom is -0.493 e. The fraction of sp³-hybridized carbons (Fsp3) is 0.308. The van der Waals surface area contributed by atoms with Gasteiger partial charge in [0.25, 0.3) is 0 Å². The third-order valence-corrected chi connectivity index (χ3v) is 5.67. The fourth-order valence-electron chi connectivity index (χ4n) is 3.88. The molecule has 3 rings (SSSR count). The first kappa shape index (κ1) is 28.6. The zero-order chi connectivity index (χ0) is 27.9. The molecule has 12 heteroatoms. The lowest BCUT2D eigenvalue weighted by Crippen LogP contribution is -2.40. The van der Waals surface area contributed by atoms with Gasteiger partial charge in [0.1, 0.15) is 17.6 Å². The second kappa shape index (κ2) is 12.5. The number of benzene rings is 2. The van der Waals surface area contributed by atoms with Crippen LogP contribution in [-0.2, 0) is 17.4 Å². The molecule has 3 aromatic rings. The highest BCUT2D eigenvalue weighted by atomic mass is 19.4. The molecule has 0 aliphatic rings. The maximum atomic E-state index is 13.6. The van der Waals surface area contributed by atoms with Gasteiger partial charge >= 0.3 is 12.8 Å². The van der Waals surface area contributed by atoms with Crippen LogP contribution in [0.4, 0.5) is 32.0 Å². The van der Waals surface area contributed by atoms with E-state index >= 15 is 0 Å². The van der Waals surface area contributed by atoms with Crippen LogP contribution in [0.15, 0.2) is 60.8 Å². The summed E-state index contributed by atoms with van der Waals surface area (Å²) in [5, 5.41) is 2.58. The van der Waals surface area contributed by atoms with Crippen molar-refractivity contribution in [1.29, 1.82) is 0 Å². The van der Waals surface area contributed by atoms with Crippen LogP contribution in [0.1, 0.15) is 29.3 Å². The Morgan fingerprint density at radius 2 is 1.76 bits per heavy atom. The number of pyridine rings is 1. The number of rotatable bonds is 11. The molecule has 204 valence electrons. The maximum absolute atomic E-state index is 13.6. The number of hydrogen-bond donors (Lipinski definition) is 1. The fourth-order valence-corrected chi connectivity index (χ4v) is 3.88. The molecule has 0 saturated heterocycles. The summed E-state index contributed by atoms with van der Waals surface area (Å²) in [5.74, 6) is -1.14. The monoisotopic (exact) mass is 541 g/mol. The Bertz CT molecular complexity index is 1200. The van der Waals surface area contributed by atoms with Gasteiger partial charge in [0.2, 0.25) is 5.91 Å². The van der Waals surface area contributed by atoms with Gasteiger partial charge in [-0.2, -0.15) is 22.0 Å². The zero-order valence-electron chi connectivity index (χ0n) is 20.4. The molecule has 2 aromatic carbocycles.